The highest BCUT2D eigenvalue weighted by molar-refractivity contribution is 6.30. The lowest BCUT2D eigenvalue weighted by Gasteiger charge is -2.11. The maximum absolute atomic E-state index is 5.99. The summed E-state index contributed by atoms with van der Waals surface area (Å²) in [5, 5.41) is 5.02. The Balaban J connectivity index is 0.00000225. The van der Waals surface area contributed by atoms with Gasteiger partial charge < -0.3 is 14.8 Å². The first-order valence-electron chi connectivity index (χ1n) is 7.56. The quantitative estimate of drug-likeness (QED) is 0.688. The number of hydrogen-bond acceptors (Lipinski definition) is 5. The second kappa shape index (κ2) is 8.74. The summed E-state index contributed by atoms with van der Waals surface area (Å²) >= 11 is 5.99. The Morgan fingerprint density at radius 2 is 1.80 bits per heavy atom. The van der Waals surface area contributed by atoms with Crippen LogP contribution in [-0.2, 0) is 6.42 Å². The first-order chi connectivity index (χ1) is 11.7. The van der Waals surface area contributed by atoms with Crippen LogP contribution in [0.4, 0.5) is 5.69 Å². The summed E-state index contributed by atoms with van der Waals surface area (Å²) in [6.07, 6.45) is 2.32. The number of benzene rings is 2. The van der Waals surface area contributed by atoms with Gasteiger partial charge in [-0.05, 0) is 24.3 Å². The van der Waals surface area contributed by atoms with Crippen LogP contribution >= 0.6 is 24.0 Å². The third kappa shape index (κ3) is 4.44. The molecule has 0 fully saturated rings. The van der Waals surface area contributed by atoms with E-state index in [-0.39, 0.29) is 12.4 Å². The summed E-state index contributed by atoms with van der Waals surface area (Å²) < 4.78 is 10.7. The van der Waals surface area contributed by atoms with Gasteiger partial charge >= 0.3 is 0 Å². The first-order valence-corrected chi connectivity index (χ1v) is 7.94. The average molecular weight is 380 g/mol. The molecule has 1 aromatic heterocycles. The zero-order valence-corrected chi connectivity index (χ0v) is 15.5. The van der Waals surface area contributed by atoms with Gasteiger partial charge in [-0.25, -0.2) is 9.97 Å². The Kier molecular flexibility index (Phi) is 6.67. The van der Waals surface area contributed by atoms with Crippen LogP contribution in [0.5, 0.6) is 11.5 Å². The number of ether oxygens (including phenoxy) is 2. The molecular weight excluding hydrogens is 361 g/mol. The Hall–Kier alpha value is -2.24. The average Bonchev–Trinajstić information content (AvgIpc) is 2.60. The fourth-order valence-electron chi connectivity index (χ4n) is 2.56. The minimum atomic E-state index is 0. The summed E-state index contributed by atoms with van der Waals surface area (Å²) in [7, 11) is 3.23. The molecular formula is C18H19Cl2N3O2. The molecule has 3 aromatic rings. The maximum atomic E-state index is 5.99. The molecule has 7 heteroatoms. The van der Waals surface area contributed by atoms with Crippen molar-refractivity contribution in [3.63, 3.8) is 0 Å². The number of fused-ring (bicyclic) bond motifs is 1. The van der Waals surface area contributed by atoms with Gasteiger partial charge in [-0.15, -0.1) is 12.4 Å². The normalized spacial score (nSPS) is 10.2. The van der Waals surface area contributed by atoms with Gasteiger partial charge in [-0.3, -0.25) is 0 Å². The van der Waals surface area contributed by atoms with Crippen LogP contribution in [0.15, 0.2) is 42.7 Å². The van der Waals surface area contributed by atoms with Crippen LogP contribution in [0, 0.1) is 0 Å². The van der Waals surface area contributed by atoms with Crippen LogP contribution < -0.4 is 14.8 Å². The molecule has 0 amide bonds. The first kappa shape index (κ1) is 19.1. The summed E-state index contributed by atoms with van der Waals surface area (Å²) in [6, 6.07) is 11.4. The van der Waals surface area contributed by atoms with Crippen molar-refractivity contribution >= 4 is 40.6 Å². The van der Waals surface area contributed by atoms with E-state index in [4.69, 9.17) is 21.1 Å². The number of nitrogens with zero attached hydrogens (tertiary/aromatic N) is 2. The lowest BCUT2D eigenvalue weighted by molar-refractivity contribution is 0.355. The van der Waals surface area contributed by atoms with Crippen molar-refractivity contribution in [3.05, 3.63) is 53.4 Å². The highest BCUT2D eigenvalue weighted by Gasteiger charge is 2.10. The zero-order valence-electron chi connectivity index (χ0n) is 14.0. The molecule has 0 atom stereocenters. The van der Waals surface area contributed by atoms with Gasteiger partial charge in [-0.1, -0.05) is 17.7 Å². The van der Waals surface area contributed by atoms with E-state index in [1.165, 1.54) is 0 Å². The minimum Gasteiger partial charge on any atom is -0.493 e. The number of halogens is 2. The SMILES string of the molecule is COc1cc2ncnc(CCNc3cccc(Cl)c3)c2cc1OC.Cl. The molecule has 0 aliphatic rings. The molecule has 0 aliphatic heterocycles. The number of aromatic nitrogens is 2. The molecule has 0 saturated heterocycles. The summed E-state index contributed by atoms with van der Waals surface area (Å²) in [5.74, 6) is 1.33. The van der Waals surface area contributed by atoms with E-state index in [1.54, 1.807) is 20.5 Å². The van der Waals surface area contributed by atoms with Gasteiger partial charge in [-0.2, -0.15) is 0 Å². The van der Waals surface area contributed by atoms with Crippen molar-refractivity contribution < 1.29 is 9.47 Å². The predicted octanol–water partition coefficient (Wildman–Crippen LogP) is 4.38. The smallest absolute Gasteiger partial charge is 0.162 e. The van der Waals surface area contributed by atoms with E-state index in [0.717, 1.165) is 35.2 Å². The molecule has 2 aromatic carbocycles. The lowest BCUT2D eigenvalue weighted by atomic mass is 10.1. The molecule has 25 heavy (non-hydrogen) atoms. The van der Waals surface area contributed by atoms with E-state index in [0.29, 0.717) is 16.5 Å². The van der Waals surface area contributed by atoms with E-state index in [2.05, 4.69) is 15.3 Å². The van der Waals surface area contributed by atoms with E-state index in [9.17, 15) is 0 Å². The standard InChI is InChI=1S/C18H18ClN3O2.ClH/c1-23-17-9-14-15(21-11-22-16(14)10-18(17)24-2)6-7-20-13-5-3-4-12(19)8-13;/h3-5,8-11,20H,6-7H2,1-2H3;1H. The van der Waals surface area contributed by atoms with Gasteiger partial charge in [0.05, 0.1) is 25.4 Å². The van der Waals surface area contributed by atoms with Crippen molar-refractivity contribution in [2.24, 2.45) is 0 Å². The second-order valence-corrected chi connectivity index (χ2v) is 5.67. The summed E-state index contributed by atoms with van der Waals surface area (Å²) in [6.45, 7) is 0.737. The van der Waals surface area contributed by atoms with E-state index >= 15 is 0 Å². The predicted molar refractivity (Wildman–Crippen MR) is 104 cm³/mol. The Labute approximate surface area is 157 Å². The third-order valence-electron chi connectivity index (χ3n) is 3.74. The molecule has 0 radical (unpaired) electrons. The fraction of sp³-hybridized carbons (Fsp3) is 0.222. The zero-order chi connectivity index (χ0) is 16.9. The Morgan fingerprint density at radius 1 is 1.04 bits per heavy atom. The van der Waals surface area contributed by atoms with Crippen molar-refractivity contribution in [2.75, 3.05) is 26.1 Å². The third-order valence-corrected chi connectivity index (χ3v) is 3.97. The monoisotopic (exact) mass is 379 g/mol. The molecule has 1 heterocycles. The van der Waals surface area contributed by atoms with Gasteiger partial charge in [0.2, 0.25) is 0 Å². The van der Waals surface area contributed by atoms with Crippen molar-refractivity contribution in [1.29, 1.82) is 0 Å². The topological polar surface area (TPSA) is 56.3 Å². The van der Waals surface area contributed by atoms with E-state index < -0.39 is 0 Å². The maximum Gasteiger partial charge on any atom is 0.162 e. The highest BCUT2D eigenvalue weighted by atomic mass is 35.5. The van der Waals surface area contributed by atoms with Gasteiger partial charge in [0.15, 0.2) is 11.5 Å². The van der Waals surface area contributed by atoms with Gasteiger partial charge in [0.1, 0.15) is 6.33 Å². The molecule has 3 rings (SSSR count). The largest absolute Gasteiger partial charge is 0.493 e. The molecule has 0 saturated carbocycles. The summed E-state index contributed by atoms with van der Waals surface area (Å²) in [5.41, 5.74) is 2.77. The van der Waals surface area contributed by atoms with E-state index in [1.807, 2.05) is 36.4 Å². The molecule has 1 N–H and O–H groups in total. The van der Waals surface area contributed by atoms with Crippen LogP contribution in [0.25, 0.3) is 10.9 Å². The molecule has 0 unspecified atom stereocenters. The van der Waals surface area contributed by atoms with Crippen molar-refractivity contribution in [2.45, 2.75) is 6.42 Å². The number of methoxy groups -OCH3 is 2. The van der Waals surface area contributed by atoms with Gasteiger partial charge in [0.25, 0.3) is 0 Å². The number of hydrogen-bond donors (Lipinski definition) is 1. The van der Waals surface area contributed by atoms with Crippen molar-refractivity contribution in [3.8, 4) is 11.5 Å². The number of rotatable bonds is 6. The molecule has 0 spiro atoms. The molecule has 5 nitrogen and oxygen atoms in total. The lowest BCUT2D eigenvalue weighted by Crippen LogP contribution is -2.07. The number of anilines is 1. The Morgan fingerprint density at radius 3 is 2.52 bits per heavy atom. The van der Waals surface area contributed by atoms with Crippen LogP contribution in [0.1, 0.15) is 5.69 Å². The van der Waals surface area contributed by atoms with Gasteiger partial charge in [0, 0.05) is 35.1 Å². The van der Waals surface area contributed by atoms with Crippen molar-refractivity contribution in [1.82, 2.24) is 9.97 Å². The van der Waals surface area contributed by atoms with Crippen LogP contribution in [-0.4, -0.2) is 30.7 Å². The molecule has 0 bridgehead atoms. The van der Waals surface area contributed by atoms with Crippen LogP contribution in [0.2, 0.25) is 5.02 Å². The molecule has 132 valence electrons. The summed E-state index contributed by atoms with van der Waals surface area (Å²) in [4.78, 5) is 8.73. The minimum absolute atomic E-state index is 0. The highest BCUT2D eigenvalue weighted by Crippen LogP contribution is 2.32. The number of nitrogens with one attached hydrogen (secondary N) is 1. The Bertz CT molecular complexity index is 859. The fourth-order valence-corrected chi connectivity index (χ4v) is 2.75. The second-order valence-electron chi connectivity index (χ2n) is 5.23. The molecule has 0 aliphatic carbocycles. The van der Waals surface area contributed by atoms with Crippen LogP contribution in [0.3, 0.4) is 0 Å².